The zero-order valence-electron chi connectivity index (χ0n) is 15.7. The minimum atomic E-state index is -0.120. The Bertz CT molecular complexity index is 530. The monoisotopic (exact) mass is 367 g/mol. The predicted octanol–water partition coefficient (Wildman–Crippen LogP) is 1.70. The molecule has 0 saturated carbocycles. The highest BCUT2D eigenvalue weighted by atomic mass is 32.2. The van der Waals surface area contributed by atoms with Crippen LogP contribution < -0.4 is 0 Å². The van der Waals surface area contributed by atoms with Gasteiger partial charge in [0.1, 0.15) is 11.6 Å². The van der Waals surface area contributed by atoms with Gasteiger partial charge in [0.05, 0.1) is 12.6 Å². The molecule has 1 N–H and O–H groups in total. The van der Waals surface area contributed by atoms with Crippen LogP contribution in [0.5, 0.6) is 0 Å². The van der Waals surface area contributed by atoms with Gasteiger partial charge in [-0.2, -0.15) is 11.8 Å². The molecule has 6 nitrogen and oxygen atoms in total. The summed E-state index contributed by atoms with van der Waals surface area (Å²) in [5.41, 5.74) is 0. The van der Waals surface area contributed by atoms with E-state index in [9.17, 15) is 5.11 Å². The van der Waals surface area contributed by atoms with Crippen LogP contribution in [-0.2, 0) is 13.6 Å². The number of rotatable bonds is 7. The lowest BCUT2D eigenvalue weighted by Crippen LogP contribution is -2.37. The smallest absolute Gasteiger partial charge is 0.146 e. The third-order valence-corrected chi connectivity index (χ3v) is 6.31. The van der Waals surface area contributed by atoms with Crippen LogP contribution in [-0.4, -0.2) is 80.5 Å². The Labute approximate surface area is 156 Å². The molecule has 0 radical (unpaired) electrons. The van der Waals surface area contributed by atoms with E-state index < -0.39 is 0 Å². The molecule has 2 saturated heterocycles. The molecule has 1 atom stereocenters. The molecule has 7 heteroatoms. The van der Waals surface area contributed by atoms with E-state index in [2.05, 4.69) is 37.9 Å². The van der Waals surface area contributed by atoms with Crippen molar-refractivity contribution in [1.82, 2.24) is 24.6 Å². The van der Waals surface area contributed by atoms with Gasteiger partial charge in [-0.3, -0.25) is 4.90 Å². The topological polar surface area (TPSA) is 57.4 Å². The molecule has 142 valence electrons. The summed E-state index contributed by atoms with van der Waals surface area (Å²) in [7, 11) is 2.12. The van der Waals surface area contributed by atoms with Crippen LogP contribution in [0.1, 0.15) is 49.7 Å². The van der Waals surface area contributed by atoms with Crippen LogP contribution in [0.3, 0.4) is 0 Å². The molecule has 0 spiro atoms. The molecule has 25 heavy (non-hydrogen) atoms. The van der Waals surface area contributed by atoms with Crippen LogP contribution in [0.15, 0.2) is 0 Å². The summed E-state index contributed by atoms with van der Waals surface area (Å²) in [5.74, 6) is 3.98. The minimum Gasteiger partial charge on any atom is -0.393 e. The predicted molar refractivity (Wildman–Crippen MR) is 103 cm³/mol. The first-order chi connectivity index (χ1) is 12.2. The van der Waals surface area contributed by atoms with E-state index in [-0.39, 0.29) is 6.10 Å². The fourth-order valence-corrected chi connectivity index (χ4v) is 4.47. The molecule has 0 aromatic carbocycles. The van der Waals surface area contributed by atoms with E-state index in [1.165, 1.54) is 38.1 Å². The molecule has 0 aliphatic carbocycles. The standard InChI is InChI=1S/C18H33N5OS/c1-21-17(14-23-10-6-16(24)7-11-23)19-20-18(21)15-5-3-8-22(13-15)9-4-12-25-2/h15-16,24H,3-14H2,1-2H3/t15-/m1/s1. The van der Waals surface area contributed by atoms with E-state index in [0.29, 0.717) is 5.92 Å². The maximum Gasteiger partial charge on any atom is 0.146 e. The number of aliphatic hydroxyl groups is 1. The third-order valence-electron chi connectivity index (χ3n) is 5.61. The largest absolute Gasteiger partial charge is 0.393 e. The zero-order chi connectivity index (χ0) is 17.6. The Morgan fingerprint density at radius 1 is 1.12 bits per heavy atom. The summed E-state index contributed by atoms with van der Waals surface area (Å²) < 4.78 is 2.22. The van der Waals surface area contributed by atoms with Crippen molar-refractivity contribution in [1.29, 1.82) is 0 Å². The van der Waals surface area contributed by atoms with Gasteiger partial charge in [0, 0.05) is 32.6 Å². The van der Waals surface area contributed by atoms with Gasteiger partial charge in [-0.05, 0) is 57.2 Å². The number of likely N-dealkylation sites (tertiary alicyclic amines) is 2. The van der Waals surface area contributed by atoms with Crippen molar-refractivity contribution in [2.45, 2.75) is 50.7 Å². The number of aliphatic hydroxyl groups excluding tert-OH is 1. The highest BCUT2D eigenvalue weighted by Gasteiger charge is 2.26. The summed E-state index contributed by atoms with van der Waals surface area (Å²) in [6.07, 6.45) is 7.57. The first-order valence-corrected chi connectivity index (χ1v) is 11.1. The van der Waals surface area contributed by atoms with Gasteiger partial charge in [-0.25, -0.2) is 0 Å². The molecular formula is C18H33N5OS. The second-order valence-electron chi connectivity index (χ2n) is 7.53. The lowest BCUT2D eigenvalue weighted by Gasteiger charge is -2.32. The molecule has 3 rings (SSSR count). The van der Waals surface area contributed by atoms with Crippen molar-refractivity contribution in [3.63, 3.8) is 0 Å². The number of piperidine rings is 2. The Kier molecular flexibility index (Phi) is 7.16. The summed E-state index contributed by atoms with van der Waals surface area (Å²) in [4.78, 5) is 4.99. The van der Waals surface area contributed by atoms with E-state index in [4.69, 9.17) is 0 Å². The highest BCUT2D eigenvalue weighted by Crippen LogP contribution is 2.26. The first kappa shape index (κ1) is 19.1. The van der Waals surface area contributed by atoms with E-state index in [1.807, 2.05) is 11.8 Å². The Morgan fingerprint density at radius 3 is 2.68 bits per heavy atom. The zero-order valence-corrected chi connectivity index (χ0v) is 16.5. The Morgan fingerprint density at radius 2 is 1.92 bits per heavy atom. The number of nitrogens with zero attached hydrogens (tertiary/aromatic N) is 5. The van der Waals surface area contributed by atoms with Gasteiger partial charge in [-0.1, -0.05) is 0 Å². The molecule has 0 unspecified atom stereocenters. The number of hydrogen-bond donors (Lipinski definition) is 1. The fraction of sp³-hybridized carbons (Fsp3) is 0.889. The number of thioether (sulfide) groups is 1. The summed E-state index contributed by atoms with van der Waals surface area (Å²) in [6.45, 7) is 6.31. The van der Waals surface area contributed by atoms with Gasteiger partial charge in [0.2, 0.25) is 0 Å². The van der Waals surface area contributed by atoms with Gasteiger partial charge in [-0.15, -0.1) is 10.2 Å². The van der Waals surface area contributed by atoms with E-state index in [0.717, 1.165) is 50.7 Å². The molecule has 1 aromatic heterocycles. The maximum absolute atomic E-state index is 9.66. The quantitative estimate of drug-likeness (QED) is 0.741. The third kappa shape index (κ3) is 5.18. The SMILES string of the molecule is CSCCCN1CCC[C@@H](c2nnc(CN3CCC(O)CC3)n2C)C1. The summed E-state index contributed by atoms with van der Waals surface area (Å²) in [5, 5.41) is 18.7. The average molecular weight is 368 g/mol. The van der Waals surface area contributed by atoms with Crippen LogP contribution in [0, 0.1) is 0 Å². The lowest BCUT2D eigenvalue weighted by molar-refractivity contribution is 0.0775. The van der Waals surface area contributed by atoms with Crippen molar-refractivity contribution < 1.29 is 5.11 Å². The van der Waals surface area contributed by atoms with Crippen molar-refractivity contribution in [3.05, 3.63) is 11.6 Å². The van der Waals surface area contributed by atoms with E-state index in [1.54, 1.807) is 0 Å². The van der Waals surface area contributed by atoms with Crippen LogP contribution in [0.2, 0.25) is 0 Å². The van der Waals surface area contributed by atoms with Gasteiger partial charge < -0.3 is 14.6 Å². The average Bonchev–Trinajstić information content (AvgIpc) is 2.98. The van der Waals surface area contributed by atoms with E-state index >= 15 is 0 Å². The fourth-order valence-electron chi connectivity index (χ4n) is 4.05. The molecule has 1 aromatic rings. The highest BCUT2D eigenvalue weighted by molar-refractivity contribution is 7.98. The molecule has 0 bridgehead atoms. The molecular weight excluding hydrogens is 334 g/mol. The van der Waals surface area contributed by atoms with Crippen molar-refractivity contribution in [2.75, 3.05) is 44.7 Å². The normalized spacial score (nSPS) is 24.0. The molecule has 2 aliphatic rings. The number of aromatic nitrogens is 3. The van der Waals surface area contributed by atoms with Crippen LogP contribution in [0.25, 0.3) is 0 Å². The lowest BCUT2D eigenvalue weighted by atomic mass is 9.97. The summed E-state index contributed by atoms with van der Waals surface area (Å²) >= 11 is 1.94. The minimum absolute atomic E-state index is 0.120. The van der Waals surface area contributed by atoms with Crippen molar-refractivity contribution >= 4 is 11.8 Å². The molecule has 3 heterocycles. The second kappa shape index (κ2) is 9.35. The number of hydrogen-bond acceptors (Lipinski definition) is 6. The van der Waals surface area contributed by atoms with Crippen LogP contribution >= 0.6 is 11.8 Å². The second-order valence-corrected chi connectivity index (χ2v) is 8.51. The summed E-state index contributed by atoms with van der Waals surface area (Å²) in [6, 6.07) is 0. The van der Waals surface area contributed by atoms with Crippen molar-refractivity contribution in [3.8, 4) is 0 Å². The van der Waals surface area contributed by atoms with Crippen LogP contribution in [0.4, 0.5) is 0 Å². The molecule has 2 fully saturated rings. The van der Waals surface area contributed by atoms with Gasteiger partial charge in [0.25, 0.3) is 0 Å². The van der Waals surface area contributed by atoms with Gasteiger partial charge in [0.15, 0.2) is 0 Å². The molecule has 0 amide bonds. The maximum atomic E-state index is 9.66. The Hall–Kier alpha value is -0.630. The van der Waals surface area contributed by atoms with Crippen molar-refractivity contribution in [2.24, 2.45) is 7.05 Å². The molecule has 2 aliphatic heterocycles. The first-order valence-electron chi connectivity index (χ1n) is 9.67. The Balaban J connectivity index is 1.56. The van der Waals surface area contributed by atoms with Gasteiger partial charge >= 0.3 is 0 Å².